The number of phenols is 1. The highest BCUT2D eigenvalue weighted by Crippen LogP contribution is 2.34. The lowest BCUT2D eigenvalue weighted by atomic mass is 9.87. The summed E-state index contributed by atoms with van der Waals surface area (Å²) in [4.78, 5) is 3.26. The molecule has 42 heavy (non-hydrogen) atoms. The minimum Gasteiger partial charge on any atom is -0.504 e. The zero-order chi connectivity index (χ0) is 29.9. The van der Waals surface area contributed by atoms with Crippen LogP contribution in [-0.4, -0.2) is 56.9 Å². The highest BCUT2D eigenvalue weighted by molar-refractivity contribution is 5.42. The maximum Gasteiger partial charge on any atom is 0.161 e. The Labute approximate surface area is 250 Å². The first kappa shape index (κ1) is 32.0. The van der Waals surface area contributed by atoms with E-state index in [-0.39, 0.29) is 24.2 Å². The number of H-pyrrole nitrogens is 1. The largest absolute Gasteiger partial charge is 0.504 e. The lowest BCUT2D eigenvalue weighted by molar-refractivity contribution is 0.0352. The van der Waals surface area contributed by atoms with Gasteiger partial charge in [0.25, 0.3) is 0 Å². The van der Waals surface area contributed by atoms with E-state index in [1.807, 2.05) is 30.5 Å². The molecule has 1 aromatic carbocycles. The van der Waals surface area contributed by atoms with Gasteiger partial charge in [-0.1, -0.05) is 44.7 Å². The third kappa shape index (κ3) is 9.54. The highest BCUT2D eigenvalue weighted by atomic mass is 16.5. The zero-order valence-electron chi connectivity index (χ0n) is 25.0. The molecular weight excluding hydrogens is 530 g/mol. The second-order valence-electron chi connectivity index (χ2n) is 12.3. The maximum absolute atomic E-state index is 10.8. The Balaban J connectivity index is 1.33. The van der Waals surface area contributed by atoms with Crippen molar-refractivity contribution < 1.29 is 25.2 Å². The van der Waals surface area contributed by atoms with E-state index in [0.717, 1.165) is 48.4 Å². The van der Waals surface area contributed by atoms with Gasteiger partial charge in [0.05, 0.1) is 24.6 Å². The number of hydrogen-bond acceptors (Lipinski definition) is 7. The quantitative estimate of drug-likeness (QED) is 0.151. The second kappa shape index (κ2) is 16.1. The van der Waals surface area contributed by atoms with Gasteiger partial charge in [-0.3, -0.25) is 0 Å². The Morgan fingerprint density at radius 2 is 1.95 bits per heavy atom. The summed E-state index contributed by atoms with van der Waals surface area (Å²) < 4.78 is 6.18. The van der Waals surface area contributed by atoms with Gasteiger partial charge in [0.15, 0.2) is 11.5 Å². The third-order valence-electron chi connectivity index (χ3n) is 9.17. The molecule has 0 spiro atoms. The molecule has 0 saturated heterocycles. The van der Waals surface area contributed by atoms with E-state index >= 15 is 0 Å². The number of nitrogens with one attached hydrogen (secondary N) is 2. The predicted molar refractivity (Wildman–Crippen MR) is 166 cm³/mol. The fraction of sp³-hybridized carbons (Fsp3) is 0.588. The Bertz CT molecular complexity index is 1150. The molecular formula is C34H51N3O5. The van der Waals surface area contributed by atoms with Crippen LogP contribution < -0.4 is 15.8 Å². The summed E-state index contributed by atoms with van der Waals surface area (Å²) in [6.07, 6.45) is 14.0. The lowest BCUT2D eigenvalue weighted by Gasteiger charge is -2.26. The smallest absolute Gasteiger partial charge is 0.161 e. The number of aryl methyl sites for hydroxylation is 1. The van der Waals surface area contributed by atoms with E-state index in [2.05, 4.69) is 23.3 Å². The van der Waals surface area contributed by atoms with Crippen molar-refractivity contribution in [3.05, 3.63) is 71.3 Å². The number of aromatic hydroxyl groups is 1. The Morgan fingerprint density at radius 3 is 2.69 bits per heavy atom. The van der Waals surface area contributed by atoms with Crippen molar-refractivity contribution in [1.29, 1.82) is 0 Å². The van der Waals surface area contributed by atoms with E-state index in [9.17, 15) is 20.4 Å². The number of phenolic OH excluding ortho intramolecular Hbond substituents is 1. The van der Waals surface area contributed by atoms with Crippen LogP contribution in [0.1, 0.15) is 76.0 Å². The normalized spacial score (nSPS) is 22.2. The van der Waals surface area contributed by atoms with Gasteiger partial charge in [-0.05, 0) is 104 Å². The molecule has 8 heteroatoms. The molecule has 0 radical (unpaired) electrons. The second-order valence-corrected chi connectivity index (χ2v) is 12.3. The van der Waals surface area contributed by atoms with Crippen molar-refractivity contribution in [2.45, 2.75) is 95.9 Å². The monoisotopic (exact) mass is 581 g/mol. The number of aromatic nitrogens is 1. The highest BCUT2D eigenvalue weighted by Gasteiger charge is 2.26. The van der Waals surface area contributed by atoms with Crippen molar-refractivity contribution in [1.82, 2.24) is 10.3 Å². The van der Waals surface area contributed by atoms with Gasteiger partial charge in [-0.15, -0.1) is 0 Å². The lowest BCUT2D eigenvalue weighted by Crippen LogP contribution is -2.29. The molecule has 1 fully saturated rings. The molecule has 2 heterocycles. The minimum absolute atomic E-state index is 0.0121. The number of dihydropyridines is 1. The minimum atomic E-state index is -0.596. The van der Waals surface area contributed by atoms with Gasteiger partial charge >= 0.3 is 0 Å². The van der Waals surface area contributed by atoms with Crippen LogP contribution in [0.25, 0.3) is 0 Å². The Hall–Kier alpha value is -2.94. The van der Waals surface area contributed by atoms with Gasteiger partial charge in [0.1, 0.15) is 6.10 Å². The molecule has 232 valence electrons. The molecule has 1 aliphatic heterocycles. The first-order chi connectivity index (χ1) is 20.3. The molecule has 4 rings (SSSR count). The number of rotatable bonds is 15. The summed E-state index contributed by atoms with van der Waals surface area (Å²) in [7, 11) is 0. The number of benzene rings is 1. The molecule has 8 nitrogen and oxygen atoms in total. The van der Waals surface area contributed by atoms with Gasteiger partial charge < -0.3 is 41.2 Å². The summed E-state index contributed by atoms with van der Waals surface area (Å²) in [6.45, 7) is 2.69. The molecule has 1 aliphatic carbocycles. The zero-order valence-corrected chi connectivity index (χ0v) is 25.0. The average Bonchev–Trinajstić information content (AvgIpc) is 3.38. The standard InChI is InChI=1S/C34H51N3O5/c1-2-23-5-3-6-25(11-8-23)32(41)21-29(39)12-9-24-10-13-31(40)33(17-24)42-30(22-38)19-27(18-28-7-4-15-36-28)26-14-16-37-34(35)20-26/h4,7,10,13-15,17,20,23,25,27,29-30,32,36-41H,2-3,5-6,8-9,11-12,16,18-19,21-22,35H2,1H3. The van der Waals surface area contributed by atoms with Crippen molar-refractivity contribution in [2.75, 3.05) is 13.2 Å². The van der Waals surface area contributed by atoms with Gasteiger partial charge in [0, 0.05) is 18.4 Å². The van der Waals surface area contributed by atoms with Crippen LogP contribution >= 0.6 is 0 Å². The predicted octanol–water partition coefficient (Wildman–Crippen LogP) is 4.69. The molecule has 2 aliphatic rings. The topological polar surface area (TPSA) is 144 Å². The molecule has 0 amide bonds. The fourth-order valence-electron chi connectivity index (χ4n) is 6.55. The molecule has 6 unspecified atom stereocenters. The maximum atomic E-state index is 10.8. The Kier molecular flexibility index (Phi) is 12.2. The Morgan fingerprint density at radius 1 is 1.10 bits per heavy atom. The number of aliphatic hydroxyl groups excluding tert-OH is 3. The van der Waals surface area contributed by atoms with E-state index in [4.69, 9.17) is 10.5 Å². The van der Waals surface area contributed by atoms with Crippen LogP contribution in [0, 0.1) is 17.8 Å². The summed E-state index contributed by atoms with van der Waals surface area (Å²) >= 11 is 0. The first-order valence-electron chi connectivity index (χ1n) is 15.8. The van der Waals surface area contributed by atoms with Crippen LogP contribution in [0.15, 0.2) is 60.1 Å². The van der Waals surface area contributed by atoms with E-state index in [1.165, 1.54) is 19.3 Å². The van der Waals surface area contributed by atoms with Crippen LogP contribution in [0.5, 0.6) is 11.5 Å². The number of aromatic amines is 1. The summed E-state index contributed by atoms with van der Waals surface area (Å²) in [5, 5.41) is 45.5. The molecule has 8 N–H and O–H groups in total. The molecule has 2 aromatic rings. The number of allylic oxidation sites excluding steroid dienone is 2. The SMILES string of the molecule is CCC1CCCC(C(O)CC(O)CCc2ccc(O)c(OC(CO)CC(Cc3ccc[nH]3)C3=CCNC(N)=C3)c2)CC1. The van der Waals surface area contributed by atoms with Gasteiger partial charge in [-0.2, -0.15) is 0 Å². The summed E-state index contributed by atoms with van der Waals surface area (Å²) in [6, 6.07) is 9.23. The average molecular weight is 582 g/mol. The number of ether oxygens (including phenoxy) is 1. The van der Waals surface area contributed by atoms with Crippen molar-refractivity contribution >= 4 is 0 Å². The van der Waals surface area contributed by atoms with E-state index in [0.29, 0.717) is 43.8 Å². The third-order valence-corrected chi connectivity index (χ3v) is 9.17. The number of aliphatic hydroxyl groups is 3. The van der Waals surface area contributed by atoms with Crippen LogP contribution in [0.2, 0.25) is 0 Å². The summed E-state index contributed by atoms with van der Waals surface area (Å²) in [5.41, 5.74) is 9.14. The number of hydrogen-bond donors (Lipinski definition) is 7. The molecule has 1 saturated carbocycles. The number of nitrogens with two attached hydrogens (primary N) is 1. The van der Waals surface area contributed by atoms with Crippen molar-refractivity contribution in [3.63, 3.8) is 0 Å². The molecule has 0 bridgehead atoms. The van der Waals surface area contributed by atoms with Gasteiger partial charge in [-0.25, -0.2) is 0 Å². The van der Waals surface area contributed by atoms with Crippen LogP contribution in [-0.2, 0) is 12.8 Å². The van der Waals surface area contributed by atoms with Gasteiger partial charge in [0.2, 0.25) is 0 Å². The van der Waals surface area contributed by atoms with Crippen molar-refractivity contribution in [3.8, 4) is 11.5 Å². The molecule has 1 aromatic heterocycles. The van der Waals surface area contributed by atoms with Crippen molar-refractivity contribution in [2.24, 2.45) is 23.5 Å². The first-order valence-corrected chi connectivity index (χ1v) is 15.8. The fourth-order valence-corrected chi connectivity index (χ4v) is 6.55. The van der Waals surface area contributed by atoms with E-state index < -0.39 is 18.3 Å². The summed E-state index contributed by atoms with van der Waals surface area (Å²) in [5.74, 6) is 2.04. The van der Waals surface area contributed by atoms with E-state index in [1.54, 1.807) is 12.1 Å². The van der Waals surface area contributed by atoms with Crippen LogP contribution in [0.4, 0.5) is 0 Å². The van der Waals surface area contributed by atoms with Crippen LogP contribution in [0.3, 0.4) is 0 Å². The molecule has 6 atom stereocenters.